The van der Waals surface area contributed by atoms with Gasteiger partial charge in [0.15, 0.2) is 18.1 Å². The zero-order valence-electron chi connectivity index (χ0n) is 15.6. The Morgan fingerprint density at radius 3 is 2.36 bits per heavy atom. The molecule has 2 aromatic carbocycles. The van der Waals surface area contributed by atoms with Crippen LogP contribution in [0.2, 0.25) is 0 Å². The molecule has 2 amide bonds. The second-order valence-electron chi connectivity index (χ2n) is 6.05. The van der Waals surface area contributed by atoms with Gasteiger partial charge in [-0.2, -0.15) is 0 Å². The van der Waals surface area contributed by atoms with Gasteiger partial charge in [-0.15, -0.1) is 0 Å². The molecule has 0 aromatic heterocycles. The van der Waals surface area contributed by atoms with Crippen molar-refractivity contribution in [3.8, 4) is 11.5 Å². The molecule has 0 aliphatic heterocycles. The lowest BCUT2D eigenvalue weighted by molar-refractivity contribution is -0.141. The van der Waals surface area contributed by atoms with Gasteiger partial charge in [-0.25, -0.2) is 4.79 Å². The molecule has 8 heteroatoms. The van der Waals surface area contributed by atoms with Gasteiger partial charge in [0.25, 0.3) is 11.8 Å². The molecule has 1 unspecified atom stereocenters. The van der Waals surface area contributed by atoms with Gasteiger partial charge < -0.3 is 25.2 Å². The predicted octanol–water partition coefficient (Wildman–Crippen LogP) is 1.67. The highest BCUT2D eigenvalue weighted by Crippen LogP contribution is 2.29. The Bertz CT molecular complexity index is 853. The van der Waals surface area contributed by atoms with Crippen LogP contribution in [-0.2, 0) is 16.1 Å². The summed E-state index contributed by atoms with van der Waals surface area (Å²) in [7, 11) is 1.39. The molecular weight excluding hydrogens is 364 g/mol. The number of hydrogen-bond acceptors (Lipinski definition) is 5. The molecule has 0 aliphatic rings. The molecule has 0 spiro atoms. The maximum Gasteiger partial charge on any atom is 0.326 e. The maximum atomic E-state index is 13.0. The molecule has 2 rings (SSSR count). The van der Waals surface area contributed by atoms with Gasteiger partial charge in [0.1, 0.15) is 6.04 Å². The molecule has 148 valence electrons. The van der Waals surface area contributed by atoms with E-state index in [9.17, 15) is 19.5 Å². The van der Waals surface area contributed by atoms with Crippen LogP contribution in [0.15, 0.2) is 48.5 Å². The largest absolute Gasteiger partial charge is 0.493 e. The Morgan fingerprint density at radius 1 is 1.11 bits per heavy atom. The number of nitrogens with zero attached hydrogens (tertiary/aromatic N) is 1. The van der Waals surface area contributed by atoms with Crippen LogP contribution < -0.4 is 15.2 Å². The third-order valence-corrected chi connectivity index (χ3v) is 4.06. The molecule has 2 aromatic rings. The number of carboxylic acid groups (broad SMARTS) is 1. The quantitative estimate of drug-likeness (QED) is 0.677. The first-order valence-corrected chi connectivity index (χ1v) is 8.50. The van der Waals surface area contributed by atoms with Gasteiger partial charge in [0, 0.05) is 12.1 Å². The number of primary amides is 1. The van der Waals surface area contributed by atoms with Crippen LogP contribution in [0.3, 0.4) is 0 Å². The number of carbonyl (C=O) groups excluding carboxylic acids is 2. The molecule has 3 N–H and O–H groups in total. The average molecular weight is 386 g/mol. The van der Waals surface area contributed by atoms with Crippen LogP contribution >= 0.6 is 0 Å². The van der Waals surface area contributed by atoms with Crippen LogP contribution in [-0.4, -0.2) is 47.5 Å². The van der Waals surface area contributed by atoms with Gasteiger partial charge in [0.05, 0.1) is 7.11 Å². The number of aliphatic carboxylic acids is 1. The van der Waals surface area contributed by atoms with Crippen molar-refractivity contribution in [2.24, 2.45) is 5.73 Å². The van der Waals surface area contributed by atoms with E-state index in [0.29, 0.717) is 0 Å². The molecule has 0 saturated carbocycles. The van der Waals surface area contributed by atoms with Crippen molar-refractivity contribution in [2.45, 2.75) is 19.5 Å². The first-order chi connectivity index (χ1) is 13.3. The normalized spacial score (nSPS) is 11.4. The van der Waals surface area contributed by atoms with E-state index in [-0.39, 0.29) is 30.2 Å². The van der Waals surface area contributed by atoms with E-state index in [1.165, 1.54) is 37.1 Å². The fourth-order valence-electron chi connectivity index (χ4n) is 2.53. The fourth-order valence-corrected chi connectivity index (χ4v) is 2.53. The minimum Gasteiger partial charge on any atom is -0.493 e. The molecule has 28 heavy (non-hydrogen) atoms. The van der Waals surface area contributed by atoms with Crippen molar-refractivity contribution in [1.82, 2.24) is 4.90 Å². The lowest BCUT2D eigenvalue weighted by Crippen LogP contribution is -2.42. The van der Waals surface area contributed by atoms with Gasteiger partial charge >= 0.3 is 5.97 Å². The molecule has 0 fully saturated rings. The summed E-state index contributed by atoms with van der Waals surface area (Å²) in [6.45, 7) is 1.25. The summed E-state index contributed by atoms with van der Waals surface area (Å²) < 4.78 is 10.5. The monoisotopic (exact) mass is 386 g/mol. The number of methoxy groups -OCH3 is 1. The molecule has 0 radical (unpaired) electrons. The number of ether oxygens (including phenoxy) is 2. The lowest BCUT2D eigenvalue weighted by Gasteiger charge is -2.27. The van der Waals surface area contributed by atoms with E-state index in [1.807, 2.05) is 30.3 Å². The summed E-state index contributed by atoms with van der Waals surface area (Å²) in [5.41, 5.74) is 6.10. The van der Waals surface area contributed by atoms with E-state index in [1.54, 1.807) is 0 Å². The van der Waals surface area contributed by atoms with Crippen molar-refractivity contribution >= 4 is 17.8 Å². The standard InChI is InChI=1S/C20H22N2O6/c1-13(20(25)26)22(11-14-6-4-3-5-7-14)19(24)15-8-9-16(17(10-15)27-2)28-12-18(21)23/h3-10,13H,11-12H2,1-2H3,(H2,21,23)(H,25,26). The van der Waals surface area contributed by atoms with E-state index in [0.717, 1.165) is 5.56 Å². The predicted molar refractivity (Wildman–Crippen MR) is 101 cm³/mol. The molecular formula is C20H22N2O6. The second kappa shape index (κ2) is 9.40. The van der Waals surface area contributed by atoms with Crippen molar-refractivity contribution in [3.63, 3.8) is 0 Å². The molecule has 1 atom stereocenters. The second-order valence-corrected chi connectivity index (χ2v) is 6.05. The minimum absolute atomic E-state index is 0.134. The number of nitrogens with two attached hydrogens (primary N) is 1. The first kappa shape index (κ1) is 20.8. The topological polar surface area (TPSA) is 119 Å². The molecule has 0 aliphatic carbocycles. The highest BCUT2D eigenvalue weighted by atomic mass is 16.5. The Morgan fingerprint density at radius 2 is 1.79 bits per heavy atom. The number of benzene rings is 2. The zero-order valence-corrected chi connectivity index (χ0v) is 15.6. The Balaban J connectivity index is 2.32. The van der Waals surface area contributed by atoms with Crippen molar-refractivity contribution < 1.29 is 29.0 Å². The summed E-state index contributed by atoms with van der Waals surface area (Å²) in [6, 6.07) is 12.5. The number of rotatable bonds is 9. The van der Waals surface area contributed by atoms with E-state index < -0.39 is 23.8 Å². The van der Waals surface area contributed by atoms with Gasteiger partial charge in [-0.05, 0) is 30.7 Å². The molecule has 0 bridgehead atoms. The lowest BCUT2D eigenvalue weighted by atomic mass is 10.1. The third kappa shape index (κ3) is 5.23. The molecule has 0 heterocycles. The van der Waals surface area contributed by atoms with E-state index >= 15 is 0 Å². The minimum atomic E-state index is -1.11. The first-order valence-electron chi connectivity index (χ1n) is 8.50. The molecule has 0 saturated heterocycles. The summed E-state index contributed by atoms with van der Waals surface area (Å²) >= 11 is 0. The number of carboxylic acids is 1. The maximum absolute atomic E-state index is 13.0. The number of amides is 2. The smallest absolute Gasteiger partial charge is 0.326 e. The Hall–Kier alpha value is -3.55. The van der Waals surface area contributed by atoms with Crippen LogP contribution in [0, 0.1) is 0 Å². The van der Waals surface area contributed by atoms with E-state index in [2.05, 4.69) is 0 Å². The number of hydrogen-bond donors (Lipinski definition) is 2. The highest BCUT2D eigenvalue weighted by Gasteiger charge is 2.27. The molecule has 8 nitrogen and oxygen atoms in total. The van der Waals surface area contributed by atoms with Gasteiger partial charge in [0.2, 0.25) is 0 Å². The van der Waals surface area contributed by atoms with Gasteiger partial charge in [-0.3, -0.25) is 9.59 Å². The van der Waals surface area contributed by atoms with Crippen LogP contribution in [0.25, 0.3) is 0 Å². The fraction of sp³-hybridized carbons (Fsp3) is 0.250. The van der Waals surface area contributed by atoms with Crippen molar-refractivity contribution in [3.05, 3.63) is 59.7 Å². The summed E-state index contributed by atoms with van der Waals surface area (Å²) in [4.78, 5) is 36.7. The third-order valence-electron chi connectivity index (χ3n) is 4.06. The van der Waals surface area contributed by atoms with Crippen LogP contribution in [0.1, 0.15) is 22.8 Å². The SMILES string of the molecule is COc1cc(C(=O)N(Cc2ccccc2)C(C)C(=O)O)ccc1OCC(N)=O. The zero-order chi connectivity index (χ0) is 20.7. The van der Waals surface area contributed by atoms with E-state index in [4.69, 9.17) is 15.2 Å². The average Bonchev–Trinajstić information content (AvgIpc) is 2.69. The Labute approximate surface area is 162 Å². The summed E-state index contributed by atoms with van der Waals surface area (Å²) in [5, 5.41) is 9.41. The van der Waals surface area contributed by atoms with Crippen LogP contribution in [0.5, 0.6) is 11.5 Å². The summed E-state index contributed by atoms with van der Waals surface area (Å²) in [6.07, 6.45) is 0. The van der Waals surface area contributed by atoms with Gasteiger partial charge in [-0.1, -0.05) is 30.3 Å². The Kier molecular flexibility index (Phi) is 6.97. The van der Waals surface area contributed by atoms with Crippen molar-refractivity contribution in [2.75, 3.05) is 13.7 Å². The summed E-state index contributed by atoms with van der Waals surface area (Å²) in [5.74, 6) is -1.75. The van der Waals surface area contributed by atoms with Crippen LogP contribution in [0.4, 0.5) is 0 Å². The highest BCUT2D eigenvalue weighted by molar-refractivity contribution is 5.97. The van der Waals surface area contributed by atoms with Crippen molar-refractivity contribution in [1.29, 1.82) is 0 Å². The number of carbonyl (C=O) groups is 3.